The molecule has 1 aliphatic heterocycles. The standard InChI is InChI=1S/C20H16Cl2N2O4/c1-11-17(19(24-28-11)18-13(21)5-4-6-14(18)22)20(25)23-9-12-10-26-15-7-2-3-8-16(15)27-12/h2-8,12H,9-10H2,1H3,(H,23,25). The molecule has 0 bridgehead atoms. The Morgan fingerprint density at radius 2 is 1.86 bits per heavy atom. The number of hydrogen-bond acceptors (Lipinski definition) is 5. The molecule has 6 nitrogen and oxygen atoms in total. The van der Waals surface area contributed by atoms with E-state index in [2.05, 4.69) is 10.5 Å². The van der Waals surface area contributed by atoms with Crippen molar-refractivity contribution in [2.45, 2.75) is 13.0 Å². The van der Waals surface area contributed by atoms with Gasteiger partial charge in [0.1, 0.15) is 29.7 Å². The molecule has 0 radical (unpaired) electrons. The predicted molar refractivity (Wildman–Crippen MR) is 105 cm³/mol. The number of nitrogens with one attached hydrogen (secondary N) is 1. The van der Waals surface area contributed by atoms with E-state index in [1.807, 2.05) is 24.3 Å². The van der Waals surface area contributed by atoms with Gasteiger partial charge in [0.25, 0.3) is 5.91 Å². The molecule has 1 aromatic heterocycles. The number of para-hydroxylation sites is 2. The van der Waals surface area contributed by atoms with Crippen molar-refractivity contribution in [3.63, 3.8) is 0 Å². The lowest BCUT2D eigenvalue weighted by molar-refractivity contribution is 0.0788. The topological polar surface area (TPSA) is 73.6 Å². The van der Waals surface area contributed by atoms with Crippen LogP contribution in [0.25, 0.3) is 11.3 Å². The van der Waals surface area contributed by atoms with Gasteiger partial charge < -0.3 is 19.3 Å². The number of nitrogens with zero attached hydrogens (tertiary/aromatic N) is 1. The van der Waals surface area contributed by atoms with E-state index in [0.29, 0.717) is 45.2 Å². The molecular formula is C20H16Cl2N2O4. The van der Waals surface area contributed by atoms with Crippen molar-refractivity contribution in [3.05, 3.63) is 63.8 Å². The smallest absolute Gasteiger partial charge is 0.257 e. The third-order valence-electron chi connectivity index (χ3n) is 4.35. The highest BCUT2D eigenvalue weighted by atomic mass is 35.5. The van der Waals surface area contributed by atoms with Gasteiger partial charge in [-0.1, -0.05) is 46.6 Å². The number of aryl methyl sites for hydroxylation is 1. The van der Waals surface area contributed by atoms with Crippen molar-refractivity contribution < 1.29 is 18.8 Å². The molecule has 8 heteroatoms. The molecule has 28 heavy (non-hydrogen) atoms. The second-order valence-corrected chi connectivity index (χ2v) is 7.08. The van der Waals surface area contributed by atoms with E-state index in [-0.39, 0.29) is 24.1 Å². The van der Waals surface area contributed by atoms with Crippen molar-refractivity contribution in [2.24, 2.45) is 0 Å². The normalized spacial score (nSPS) is 15.3. The molecule has 2 heterocycles. The van der Waals surface area contributed by atoms with Gasteiger partial charge in [0.2, 0.25) is 0 Å². The molecule has 1 aliphatic rings. The van der Waals surface area contributed by atoms with Gasteiger partial charge in [-0.3, -0.25) is 4.79 Å². The maximum atomic E-state index is 12.8. The van der Waals surface area contributed by atoms with Crippen molar-refractivity contribution in [1.82, 2.24) is 10.5 Å². The molecule has 1 atom stereocenters. The van der Waals surface area contributed by atoms with Crippen LogP contribution in [-0.4, -0.2) is 30.3 Å². The van der Waals surface area contributed by atoms with E-state index < -0.39 is 0 Å². The number of fused-ring (bicyclic) bond motifs is 1. The number of amides is 1. The lowest BCUT2D eigenvalue weighted by Gasteiger charge is -2.26. The highest BCUT2D eigenvalue weighted by Gasteiger charge is 2.26. The van der Waals surface area contributed by atoms with E-state index in [0.717, 1.165) is 0 Å². The molecule has 1 amide bonds. The number of ether oxygens (including phenoxy) is 2. The van der Waals surface area contributed by atoms with E-state index in [9.17, 15) is 4.79 Å². The van der Waals surface area contributed by atoms with Gasteiger partial charge in [-0.05, 0) is 31.2 Å². The molecule has 2 aromatic carbocycles. The molecule has 1 N–H and O–H groups in total. The summed E-state index contributed by atoms with van der Waals surface area (Å²) >= 11 is 12.5. The van der Waals surface area contributed by atoms with Crippen molar-refractivity contribution in [1.29, 1.82) is 0 Å². The largest absolute Gasteiger partial charge is 0.486 e. The third kappa shape index (κ3) is 3.53. The van der Waals surface area contributed by atoms with Crippen molar-refractivity contribution in [2.75, 3.05) is 13.2 Å². The first kappa shape index (κ1) is 18.7. The second-order valence-electron chi connectivity index (χ2n) is 6.27. The maximum Gasteiger partial charge on any atom is 0.257 e. The van der Waals surface area contributed by atoms with E-state index >= 15 is 0 Å². The number of benzene rings is 2. The monoisotopic (exact) mass is 418 g/mol. The van der Waals surface area contributed by atoms with Gasteiger partial charge >= 0.3 is 0 Å². The highest BCUT2D eigenvalue weighted by molar-refractivity contribution is 6.39. The molecule has 3 aromatic rings. The number of halogens is 2. The summed E-state index contributed by atoms with van der Waals surface area (Å²) in [6, 6.07) is 12.5. The van der Waals surface area contributed by atoms with E-state index in [1.165, 1.54) is 0 Å². The van der Waals surface area contributed by atoms with Crippen LogP contribution in [-0.2, 0) is 0 Å². The summed E-state index contributed by atoms with van der Waals surface area (Å²) in [4.78, 5) is 12.8. The molecular weight excluding hydrogens is 403 g/mol. The second kappa shape index (κ2) is 7.73. The van der Waals surface area contributed by atoms with Crippen molar-refractivity contribution >= 4 is 29.1 Å². The van der Waals surface area contributed by atoms with Crippen LogP contribution in [0.2, 0.25) is 10.0 Å². The molecule has 1 unspecified atom stereocenters. The highest BCUT2D eigenvalue weighted by Crippen LogP contribution is 2.36. The van der Waals surface area contributed by atoms with Gasteiger partial charge in [-0.15, -0.1) is 0 Å². The van der Waals surface area contributed by atoms with Crippen LogP contribution in [0.3, 0.4) is 0 Å². The number of carbonyl (C=O) groups is 1. The van der Waals surface area contributed by atoms with Crippen molar-refractivity contribution in [3.8, 4) is 22.8 Å². The summed E-state index contributed by atoms with van der Waals surface area (Å²) in [7, 11) is 0. The van der Waals surface area contributed by atoms with Crippen LogP contribution in [0.5, 0.6) is 11.5 Å². The Morgan fingerprint density at radius 1 is 1.14 bits per heavy atom. The fourth-order valence-electron chi connectivity index (χ4n) is 2.99. The lowest BCUT2D eigenvalue weighted by Crippen LogP contribution is -2.40. The van der Waals surface area contributed by atoms with Crippen LogP contribution in [0.4, 0.5) is 0 Å². The lowest BCUT2D eigenvalue weighted by atomic mass is 10.1. The van der Waals surface area contributed by atoms with Crippen LogP contribution in [0, 0.1) is 6.92 Å². The number of carbonyl (C=O) groups excluding carboxylic acids is 1. The molecule has 0 saturated carbocycles. The van der Waals surface area contributed by atoms with Gasteiger partial charge in [0.05, 0.1) is 16.6 Å². The summed E-state index contributed by atoms with van der Waals surface area (Å²) in [5.41, 5.74) is 1.04. The Balaban J connectivity index is 1.52. The SMILES string of the molecule is Cc1onc(-c2c(Cl)cccc2Cl)c1C(=O)NCC1COc2ccccc2O1. The minimum Gasteiger partial charge on any atom is -0.486 e. The fourth-order valence-corrected chi connectivity index (χ4v) is 3.57. The summed E-state index contributed by atoms with van der Waals surface area (Å²) in [5, 5.41) is 7.61. The molecule has 144 valence electrons. The first-order valence-electron chi connectivity index (χ1n) is 8.62. The quantitative estimate of drug-likeness (QED) is 0.673. The summed E-state index contributed by atoms with van der Waals surface area (Å²) in [6.07, 6.45) is -0.314. The third-order valence-corrected chi connectivity index (χ3v) is 4.98. The average molecular weight is 419 g/mol. The predicted octanol–water partition coefficient (Wildman–Crippen LogP) is 4.53. The Kier molecular flexibility index (Phi) is 5.15. The summed E-state index contributed by atoms with van der Waals surface area (Å²) in [6.45, 7) is 2.25. The van der Waals surface area contributed by atoms with Gasteiger partial charge in [-0.25, -0.2) is 0 Å². The summed E-state index contributed by atoms with van der Waals surface area (Å²) in [5.74, 6) is 1.36. The number of aromatic nitrogens is 1. The van der Waals surface area contributed by atoms with Crippen LogP contribution in [0.1, 0.15) is 16.1 Å². The maximum absolute atomic E-state index is 12.8. The Hall–Kier alpha value is -2.70. The molecule has 0 spiro atoms. The molecule has 0 aliphatic carbocycles. The van der Waals surface area contributed by atoms with E-state index in [1.54, 1.807) is 25.1 Å². The van der Waals surface area contributed by atoms with Crippen LogP contribution in [0.15, 0.2) is 47.0 Å². The zero-order valence-electron chi connectivity index (χ0n) is 14.9. The minimum absolute atomic E-state index is 0.257. The van der Waals surface area contributed by atoms with Gasteiger partial charge in [0.15, 0.2) is 11.5 Å². The van der Waals surface area contributed by atoms with Gasteiger partial charge in [0, 0.05) is 5.56 Å². The number of hydrogen-bond donors (Lipinski definition) is 1. The molecule has 0 fully saturated rings. The van der Waals surface area contributed by atoms with Crippen LogP contribution < -0.4 is 14.8 Å². The zero-order chi connectivity index (χ0) is 19.7. The van der Waals surface area contributed by atoms with E-state index in [4.69, 9.17) is 37.2 Å². The fraction of sp³-hybridized carbons (Fsp3) is 0.200. The average Bonchev–Trinajstić information content (AvgIpc) is 3.07. The van der Waals surface area contributed by atoms with Gasteiger partial charge in [-0.2, -0.15) is 0 Å². The Bertz CT molecular complexity index is 1010. The Labute approximate surface area is 171 Å². The Morgan fingerprint density at radius 3 is 2.61 bits per heavy atom. The molecule has 4 rings (SSSR count). The molecule has 0 saturated heterocycles. The summed E-state index contributed by atoms with van der Waals surface area (Å²) < 4.78 is 16.8. The zero-order valence-corrected chi connectivity index (χ0v) is 16.4. The first-order chi connectivity index (χ1) is 13.5. The minimum atomic E-state index is -0.354. The first-order valence-corrected chi connectivity index (χ1v) is 9.37. The van der Waals surface area contributed by atoms with Crippen LogP contribution >= 0.6 is 23.2 Å². The number of rotatable bonds is 4.